The van der Waals surface area contributed by atoms with Crippen LogP contribution in [0.2, 0.25) is 0 Å². The van der Waals surface area contributed by atoms with Gasteiger partial charge in [0.05, 0.1) is 12.2 Å². The smallest absolute Gasteiger partial charge is 0.338 e. The molecule has 0 aliphatic carbocycles. The molecule has 0 fully saturated rings. The monoisotopic (exact) mass is 286 g/mol. The molecule has 1 aromatic carbocycles. The summed E-state index contributed by atoms with van der Waals surface area (Å²) in [5, 5.41) is -0.731. The largest absolute Gasteiger partial charge is 0.462 e. The Balaban J connectivity index is 3.16. The Kier molecular flexibility index (Phi) is 5.69. The Morgan fingerprint density at radius 1 is 1.39 bits per heavy atom. The van der Waals surface area contributed by atoms with Gasteiger partial charge in [0.25, 0.3) is 0 Å². The number of thioether (sulfide) groups is 1. The molecule has 1 rings (SSSR count). The molecule has 5 heteroatoms. The van der Waals surface area contributed by atoms with Gasteiger partial charge in [0.15, 0.2) is 5.78 Å². The number of benzene rings is 1. The normalized spacial score (nSPS) is 12.0. The Labute approximate surface area is 116 Å². The highest BCUT2D eigenvalue weighted by atomic mass is 35.5. The van der Waals surface area contributed by atoms with Gasteiger partial charge in [-0.3, -0.25) is 4.79 Å². The lowest BCUT2D eigenvalue weighted by molar-refractivity contribution is -0.116. The van der Waals surface area contributed by atoms with Gasteiger partial charge >= 0.3 is 5.97 Å². The highest BCUT2D eigenvalue weighted by molar-refractivity contribution is 7.98. The van der Waals surface area contributed by atoms with Crippen molar-refractivity contribution in [2.75, 3.05) is 12.9 Å². The Morgan fingerprint density at radius 3 is 2.56 bits per heavy atom. The van der Waals surface area contributed by atoms with Crippen molar-refractivity contribution >= 4 is 35.1 Å². The molecular formula is C13H15ClO3S. The van der Waals surface area contributed by atoms with E-state index >= 15 is 0 Å². The highest BCUT2D eigenvalue weighted by Crippen LogP contribution is 2.27. The number of hydrogen-bond acceptors (Lipinski definition) is 4. The van der Waals surface area contributed by atoms with Crippen LogP contribution < -0.4 is 0 Å². The van der Waals surface area contributed by atoms with E-state index in [9.17, 15) is 9.59 Å². The third-order valence-electron chi connectivity index (χ3n) is 2.33. The minimum atomic E-state index is -0.731. The summed E-state index contributed by atoms with van der Waals surface area (Å²) in [7, 11) is 0. The van der Waals surface area contributed by atoms with Gasteiger partial charge in [-0.05, 0) is 43.9 Å². The summed E-state index contributed by atoms with van der Waals surface area (Å²) in [6.07, 6.45) is 1.89. The maximum Gasteiger partial charge on any atom is 0.338 e. The molecule has 1 unspecified atom stereocenters. The Hall–Kier alpha value is -1.00. The number of ketones is 1. The molecule has 1 aromatic rings. The molecule has 98 valence electrons. The molecular weight excluding hydrogens is 272 g/mol. The minimum absolute atomic E-state index is 0.148. The third kappa shape index (κ3) is 3.75. The molecule has 0 aliphatic heterocycles. The lowest BCUT2D eigenvalue weighted by Crippen LogP contribution is -2.08. The van der Waals surface area contributed by atoms with E-state index in [1.54, 1.807) is 19.1 Å². The van der Waals surface area contributed by atoms with E-state index in [1.807, 2.05) is 12.3 Å². The predicted molar refractivity (Wildman–Crippen MR) is 73.5 cm³/mol. The molecule has 18 heavy (non-hydrogen) atoms. The molecule has 0 radical (unpaired) electrons. The molecule has 0 saturated carbocycles. The SMILES string of the molecule is CCOC(=O)c1cc(SC)cc(C(Cl)C(C)=O)c1. The standard InChI is InChI=1S/C13H15ClO3S/c1-4-17-13(16)10-5-9(12(14)8(2)15)6-11(7-10)18-3/h5-7,12H,4H2,1-3H3. The second kappa shape index (κ2) is 6.81. The van der Waals surface area contributed by atoms with Crippen LogP contribution in [0.1, 0.15) is 35.1 Å². The predicted octanol–water partition coefficient (Wildman–Crippen LogP) is 3.45. The van der Waals surface area contributed by atoms with E-state index in [4.69, 9.17) is 16.3 Å². The number of ether oxygens (including phenoxy) is 1. The highest BCUT2D eigenvalue weighted by Gasteiger charge is 2.17. The van der Waals surface area contributed by atoms with E-state index < -0.39 is 11.3 Å². The van der Waals surface area contributed by atoms with E-state index in [0.29, 0.717) is 17.7 Å². The van der Waals surface area contributed by atoms with Gasteiger partial charge in [0.2, 0.25) is 0 Å². The van der Waals surface area contributed by atoms with Gasteiger partial charge in [0.1, 0.15) is 5.38 Å². The second-order valence-corrected chi connectivity index (χ2v) is 5.00. The molecule has 0 heterocycles. The lowest BCUT2D eigenvalue weighted by atomic mass is 10.1. The number of rotatable bonds is 5. The second-order valence-electron chi connectivity index (χ2n) is 3.69. The fourth-order valence-electron chi connectivity index (χ4n) is 1.45. The van der Waals surface area contributed by atoms with Crippen molar-refractivity contribution in [3.05, 3.63) is 29.3 Å². The van der Waals surface area contributed by atoms with Crippen LogP contribution in [0.15, 0.2) is 23.1 Å². The lowest BCUT2D eigenvalue weighted by Gasteiger charge is -2.10. The minimum Gasteiger partial charge on any atom is -0.462 e. The Morgan fingerprint density at radius 2 is 2.06 bits per heavy atom. The third-order valence-corrected chi connectivity index (χ3v) is 3.59. The molecule has 0 amide bonds. The quantitative estimate of drug-likeness (QED) is 0.472. The molecule has 1 atom stereocenters. The summed E-state index contributed by atoms with van der Waals surface area (Å²) >= 11 is 7.50. The van der Waals surface area contributed by atoms with Crippen molar-refractivity contribution in [2.45, 2.75) is 24.1 Å². The molecule has 0 spiro atoms. The summed E-state index contributed by atoms with van der Waals surface area (Å²) in [4.78, 5) is 23.9. The number of esters is 1. The Bertz CT molecular complexity index is 460. The zero-order valence-corrected chi connectivity index (χ0v) is 12.1. The molecule has 0 saturated heterocycles. The number of hydrogen-bond donors (Lipinski definition) is 0. The van der Waals surface area contributed by atoms with Crippen molar-refractivity contribution in [1.82, 2.24) is 0 Å². The first kappa shape index (κ1) is 15.1. The van der Waals surface area contributed by atoms with Crippen LogP contribution >= 0.6 is 23.4 Å². The van der Waals surface area contributed by atoms with Crippen molar-refractivity contribution in [3.63, 3.8) is 0 Å². The van der Waals surface area contributed by atoms with Crippen molar-refractivity contribution in [3.8, 4) is 0 Å². The maximum atomic E-state index is 11.7. The van der Waals surface area contributed by atoms with E-state index in [2.05, 4.69) is 0 Å². The summed E-state index contributed by atoms with van der Waals surface area (Å²) < 4.78 is 4.95. The van der Waals surface area contributed by atoms with Crippen LogP contribution in [0.25, 0.3) is 0 Å². The van der Waals surface area contributed by atoms with Crippen molar-refractivity contribution < 1.29 is 14.3 Å². The molecule has 0 N–H and O–H groups in total. The van der Waals surface area contributed by atoms with Crippen LogP contribution in [0.5, 0.6) is 0 Å². The number of carbonyl (C=O) groups excluding carboxylic acids is 2. The number of halogens is 1. The van der Waals surface area contributed by atoms with Gasteiger partial charge < -0.3 is 4.74 Å². The van der Waals surface area contributed by atoms with Crippen molar-refractivity contribution in [1.29, 1.82) is 0 Å². The van der Waals surface area contributed by atoms with Crippen LogP contribution in [0.4, 0.5) is 0 Å². The molecule has 0 bridgehead atoms. The van der Waals surface area contributed by atoms with Crippen LogP contribution in [-0.4, -0.2) is 24.6 Å². The summed E-state index contributed by atoms with van der Waals surface area (Å²) in [5.74, 6) is -0.549. The van der Waals surface area contributed by atoms with E-state index in [1.165, 1.54) is 18.7 Å². The molecule has 0 aliphatic rings. The topological polar surface area (TPSA) is 43.4 Å². The summed E-state index contributed by atoms with van der Waals surface area (Å²) in [6, 6.07) is 5.15. The number of alkyl halides is 1. The zero-order chi connectivity index (χ0) is 13.7. The maximum absolute atomic E-state index is 11.7. The van der Waals surface area contributed by atoms with Gasteiger partial charge in [-0.25, -0.2) is 4.79 Å². The number of Topliss-reactive ketones (excluding diaryl/α,β-unsaturated/α-hetero) is 1. The summed E-state index contributed by atoms with van der Waals surface area (Å²) in [6.45, 7) is 3.49. The fourth-order valence-corrected chi connectivity index (χ4v) is 2.08. The first-order valence-electron chi connectivity index (χ1n) is 5.50. The average Bonchev–Trinajstić information content (AvgIpc) is 2.37. The van der Waals surface area contributed by atoms with Crippen LogP contribution in [0.3, 0.4) is 0 Å². The van der Waals surface area contributed by atoms with E-state index in [0.717, 1.165) is 4.90 Å². The van der Waals surface area contributed by atoms with Crippen molar-refractivity contribution in [2.24, 2.45) is 0 Å². The number of carbonyl (C=O) groups is 2. The van der Waals surface area contributed by atoms with Crippen LogP contribution in [0, 0.1) is 0 Å². The molecule has 3 nitrogen and oxygen atoms in total. The zero-order valence-electron chi connectivity index (χ0n) is 10.5. The van der Waals surface area contributed by atoms with Crippen LogP contribution in [-0.2, 0) is 9.53 Å². The first-order valence-corrected chi connectivity index (χ1v) is 7.16. The summed E-state index contributed by atoms with van der Waals surface area (Å²) in [5.41, 5.74) is 1.05. The van der Waals surface area contributed by atoms with E-state index in [-0.39, 0.29) is 5.78 Å². The fraction of sp³-hybridized carbons (Fsp3) is 0.385. The van der Waals surface area contributed by atoms with Gasteiger partial charge in [-0.15, -0.1) is 23.4 Å². The van der Waals surface area contributed by atoms with Gasteiger partial charge in [-0.1, -0.05) is 0 Å². The first-order chi connectivity index (χ1) is 8.49. The van der Waals surface area contributed by atoms with Gasteiger partial charge in [-0.2, -0.15) is 0 Å². The van der Waals surface area contributed by atoms with Gasteiger partial charge in [0, 0.05) is 4.90 Å². The average molecular weight is 287 g/mol. The molecule has 0 aromatic heterocycles.